The van der Waals surface area contributed by atoms with Gasteiger partial charge in [0.2, 0.25) is 5.82 Å². The van der Waals surface area contributed by atoms with Crippen LogP contribution in [-0.4, -0.2) is 39.4 Å². The summed E-state index contributed by atoms with van der Waals surface area (Å²) in [6, 6.07) is 0. The van der Waals surface area contributed by atoms with Gasteiger partial charge in [0, 0.05) is 26.6 Å². The van der Waals surface area contributed by atoms with Crippen molar-refractivity contribution >= 4 is 17.5 Å². The molecule has 0 saturated heterocycles. The number of carboxylic acids is 1. The van der Waals surface area contributed by atoms with Gasteiger partial charge in [0.1, 0.15) is 5.69 Å². The average Bonchev–Trinajstić information content (AvgIpc) is 2.65. The Balaban J connectivity index is 2.96. The quantitative estimate of drug-likeness (QED) is 0.594. The Kier molecular flexibility index (Phi) is 4.85. The van der Waals surface area contributed by atoms with Crippen molar-refractivity contribution < 1.29 is 14.8 Å². The van der Waals surface area contributed by atoms with E-state index in [1.54, 1.807) is 23.6 Å². The fraction of sp³-hybridized carbons (Fsp3) is 0.636. The third-order valence-electron chi connectivity index (χ3n) is 2.80. The minimum atomic E-state index is -0.872. The maximum Gasteiger partial charge on any atom is 0.333 e. The van der Waals surface area contributed by atoms with Crippen molar-refractivity contribution in [2.24, 2.45) is 0 Å². The van der Waals surface area contributed by atoms with Crippen molar-refractivity contribution in [1.29, 1.82) is 0 Å². The number of carboxylic acid groups (broad SMARTS) is 1. The topological polar surface area (TPSA) is 101 Å². The normalized spacial score (nSPS) is 10.5. The Morgan fingerprint density at radius 3 is 2.68 bits per heavy atom. The molecule has 8 nitrogen and oxygen atoms in total. The fourth-order valence-corrected chi connectivity index (χ4v) is 1.95. The van der Waals surface area contributed by atoms with E-state index in [-0.39, 0.29) is 12.1 Å². The van der Waals surface area contributed by atoms with E-state index in [1.807, 2.05) is 6.92 Å². The van der Waals surface area contributed by atoms with Gasteiger partial charge >= 0.3 is 11.7 Å². The lowest BCUT2D eigenvalue weighted by Crippen LogP contribution is -2.23. The summed E-state index contributed by atoms with van der Waals surface area (Å²) in [6.07, 6.45) is 0.467. The maximum absolute atomic E-state index is 11.1. The summed E-state index contributed by atoms with van der Waals surface area (Å²) in [5.74, 6) is -0.446. The second-order valence-electron chi connectivity index (χ2n) is 4.25. The van der Waals surface area contributed by atoms with Gasteiger partial charge in [-0.15, -0.1) is 0 Å². The van der Waals surface area contributed by atoms with Gasteiger partial charge < -0.3 is 10.0 Å². The molecule has 0 unspecified atom stereocenters. The van der Waals surface area contributed by atoms with Gasteiger partial charge in [-0.1, -0.05) is 0 Å². The summed E-state index contributed by atoms with van der Waals surface area (Å²) in [6.45, 7) is 4.40. The lowest BCUT2D eigenvalue weighted by atomic mass is 10.3. The molecule has 0 aliphatic heterocycles. The number of hydrogen-bond acceptors (Lipinski definition) is 5. The molecule has 1 aromatic heterocycles. The number of hydrogen-bond donors (Lipinski definition) is 1. The zero-order valence-electron chi connectivity index (χ0n) is 11.3. The van der Waals surface area contributed by atoms with E-state index in [0.717, 1.165) is 0 Å². The molecule has 0 bridgehead atoms. The highest BCUT2D eigenvalue weighted by atomic mass is 16.6. The second-order valence-corrected chi connectivity index (χ2v) is 4.25. The molecule has 19 heavy (non-hydrogen) atoms. The number of aliphatic carboxylic acids is 1. The highest BCUT2D eigenvalue weighted by Gasteiger charge is 2.27. The number of nitrogens with zero attached hydrogens (tertiary/aromatic N) is 4. The molecule has 0 amide bonds. The van der Waals surface area contributed by atoms with Crippen LogP contribution in [0.5, 0.6) is 0 Å². The largest absolute Gasteiger partial charge is 0.481 e. The number of aromatic nitrogens is 2. The van der Waals surface area contributed by atoms with Crippen molar-refractivity contribution in [2.45, 2.75) is 33.2 Å². The Morgan fingerprint density at radius 1 is 1.58 bits per heavy atom. The Morgan fingerprint density at radius 2 is 2.21 bits per heavy atom. The first-order valence-electron chi connectivity index (χ1n) is 6.03. The summed E-state index contributed by atoms with van der Waals surface area (Å²) in [7, 11) is 1.71. The standard InChI is InChI=1S/C11H18N4O4/c1-4-14-11(10(15(18)19)8(2)12-14)13(3)7-5-6-9(16)17/h4-7H2,1-3H3,(H,16,17). The van der Waals surface area contributed by atoms with Crippen LogP contribution in [0.4, 0.5) is 11.5 Å². The van der Waals surface area contributed by atoms with Crippen molar-refractivity contribution in [2.75, 3.05) is 18.5 Å². The SMILES string of the molecule is CCn1nc(C)c([N+](=O)[O-])c1N(C)CCCC(=O)O. The van der Waals surface area contributed by atoms with Gasteiger partial charge in [0.25, 0.3) is 0 Å². The predicted octanol–water partition coefficient (Wildman–Crippen LogP) is 1.42. The van der Waals surface area contributed by atoms with Crippen molar-refractivity contribution in [3.8, 4) is 0 Å². The highest BCUT2D eigenvalue weighted by Crippen LogP contribution is 2.30. The van der Waals surface area contributed by atoms with Crippen LogP contribution in [0.1, 0.15) is 25.5 Å². The van der Waals surface area contributed by atoms with Gasteiger partial charge in [-0.2, -0.15) is 5.10 Å². The third-order valence-corrected chi connectivity index (χ3v) is 2.80. The zero-order chi connectivity index (χ0) is 14.6. The summed E-state index contributed by atoms with van der Waals surface area (Å²) < 4.78 is 1.56. The van der Waals surface area contributed by atoms with Crippen LogP contribution < -0.4 is 4.90 Å². The number of rotatable bonds is 7. The summed E-state index contributed by atoms with van der Waals surface area (Å²) >= 11 is 0. The molecular formula is C11H18N4O4. The van der Waals surface area contributed by atoms with Gasteiger partial charge in [0.05, 0.1) is 4.92 Å². The van der Waals surface area contributed by atoms with E-state index in [4.69, 9.17) is 5.11 Å². The number of aryl methyl sites for hydroxylation is 2. The van der Waals surface area contributed by atoms with Gasteiger partial charge in [-0.3, -0.25) is 14.9 Å². The minimum Gasteiger partial charge on any atom is -0.481 e. The van der Waals surface area contributed by atoms with Gasteiger partial charge in [-0.25, -0.2) is 4.68 Å². The number of anilines is 1. The van der Waals surface area contributed by atoms with Crippen LogP contribution in [0.2, 0.25) is 0 Å². The lowest BCUT2D eigenvalue weighted by Gasteiger charge is -2.18. The molecule has 1 rings (SSSR count). The first kappa shape index (κ1) is 14.9. The van der Waals surface area contributed by atoms with E-state index in [2.05, 4.69) is 5.10 Å². The van der Waals surface area contributed by atoms with Gasteiger partial charge in [-0.05, 0) is 20.3 Å². The molecule has 1 N–H and O–H groups in total. The Bertz CT molecular complexity index is 483. The average molecular weight is 270 g/mol. The Hall–Kier alpha value is -2.12. The van der Waals surface area contributed by atoms with Crippen LogP contribution in [0.15, 0.2) is 0 Å². The van der Waals surface area contributed by atoms with Crippen molar-refractivity contribution in [1.82, 2.24) is 9.78 Å². The number of nitro groups is 1. The Labute approximate surface area is 110 Å². The molecular weight excluding hydrogens is 252 g/mol. The van der Waals surface area contributed by atoms with Gasteiger partial charge in [0.15, 0.2) is 0 Å². The molecule has 1 aromatic rings. The highest BCUT2D eigenvalue weighted by molar-refractivity contribution is 5.67. The van der Waals surface area contributed by atoms with Crippen LogP contribution in [-0.2, 0) is 11.3 Å². The van der Waals surface area contributed by atoms with Crippen LogP contribution in [0.25, 0.3) is 0 Å². The zero-order valence-corrected chi connectivity index (χ0v) is 11.3. The van der Waals surface area contributed by atoms with E-state index in [9.17, 15) is 14.9 Å². The molecule has 0 radical (unpaired) electrons. The number of carbonyl (C=O) groups is 1. The van der Waals surface area contributed by atoms with E-state index >= 15 is 0 Å². The molecule has 0 aliphatic rings. The molecule has 0 saturated carbocycles. The van der Waals surface area contributed by atoms with Crippen molar-refractivity contribution in [3.05, 3.63) is 15.8 Å². The van der Waals surface area contributed by atoms with Crippen LogP contribution in [0.3, 0.4) is 0 Å². The molecule has 0 spiro atoms. The van der Waals surface area contributed by atoms with Crippen molar-refractivity contribution in [3.63, 3.8) is 0 Å². The molecule has 0 aliphatic carbocycles. The molecule has 1 heterocycles. The summed E-state index contributed by atoms with van der Waals surface area (Å²) in [5, 5.41) is 23.8. The van der Waals surface area contributed by atoms with E-state index in [1.165, 1.54) is 0 Å². The maximum atomic E-state index is 11.1. The van der Waals surface area contributed by atoms with E-state index < -0.39 is 10.9 Å². The molecule has 0 fully saturated rings. The molecule has 106 valence electrons. The first-order valence-corrected chi connectivity index (χ1v) is 6.03. The fourth-order valence-electron chi connectivity index (χ4n) is 1.95. The summed E-state index contributed by atoms with van der Waals surface area (Å²) in [4.78, 5) is 22.8. The molecule has 8 heteroatoms. The van der Waals surface area contributed by atoms with Crippen LogP contribution >= 0.6 is 0 Å². The third kappa shape index (κ3) is 3.43. The predicted molar refractivity (Wildman–Crippen MR) is 69.4 cm³/mol. The summed E-state index contributed by atoms with van der Waals surface area (Å²) in [5.41, 5.74) is 0.353. The minimum absolute atomic E-state index is 0.0142. The monoisotopic (exact) mass is 270 g/mol. The molecule has 0 aromatic carbocycles. The van der Waals surface area contributed by atoms with Crippen LogP contribution in [0, 0.1) is 17.0 Å². The first-order chi connectivity index (χ1) is 8.88. The lowest BCUT2D eigenvalue weighted by molar-refractivity contribution is -0.384. The molecule has 0 atom stereocenters. The van der Waals surface area contributed by atoms with E-state index in [0.29, 0.717) is 31.0 Å². The second kappa shape index (κ2) is 6.17. The smallest absolute Gasteiger partial charge is 0.333 e.